The molecule has 0 heterocycles. The molecular formula is C12H16F3N. The first-order valence-corrected chi connectivity index (χ1v) is 5.18. The van der Waals surface area contributed by atoms with Gasteiger partial charge in [0.2, 0.25) is 0 Å². The van der Waals surface area contributed by atoms with Crippen molar-refractivity contribution in [1.29, 1.82) is 0 Å². The Morgan fingerprint density at radius 3 is 2.12 bits per heavy atom. The molecule has 0 atom stereocenters. The van der Waals surface area contributed by atoms with Crippen LogP contribution in [0.2, 0.25) is 0 Å². The molecule has 0 aliphatic rings. The lowest BCUT2D eigenvalue weighted by molar-refractivity contribution is 0.425. The summed E-state index contributed by atoms with van der Waals surface area (Å²) in [4.78, 5) is 0. The van der Waals surface area contributed by atoms with Gasteiger partial charge < -0.3 is 5.32 Å². The summed E-state index contributed by atoms with van der Waals surface area (Å²) in [6.07, 6.45) is 0.334. The van der Waals surface area contributed by atoms with Gasteiger partial charge in [-0.25, -0.2) is 13.2 Å². The fourth-order valence-electron chi connectivity index (χ4n) is 1.33. The first-order chi connectivity index (χ1) is 7.29. The number of nitrogens with one attached hydrogen (secondary N) is 1. The summed E-state index contributed by atoms with van der Waals surface area (Å²) in [6, 6.07) is 1.50. The summed E-state index contributed by atoms with van der Waals surface area (Å²) in [5, 5.41) is 3.15. The van der Waals surface area contributed by atoms with Crippen LogP contribution in [-0.4, -0.2) is 12.1 Å². The average Bonchev–Trinajstić information content (AvgIpc) is 2.11. The minimum Gasteiger partial charge on any atom is -0.312 e. The number of hydrogen-bond donors (Lipinski definition) is 1. The Balaban J connectivity index is 2.64. The summed E-state index contributed by atoms with van der Waals surface area (Å²) in [5.41, 5.74) is 0.116. The maximum Gasteiger partial charge on any atom is 0.161 e. The van der Waals surface area contributed by atoms with Gasteiger partial charge in [-0.15, -0.1) is 0 Å². The second-order valence-electron chi connectivity index (χ2n) is 4.78. The molecule has 1 N–H and O–H groups in total. The van der Waals surface area contributed by atoms with E-state index in [9.17, 15) is 13.2 Å². The molecule has 0 aromatic heterocycles. The first kappa shape index (κ1) is 13.0. The highest BCUT2D eigenvalue weighted by atomic mass is 19.2. The van der Waals surface area contributed by atoms with Crippen LogP contribution in [0, 0.1) is 17.5 Å². The Hall–Kier alpha value is -1.03. The molecule has 0 saturated heterocycles. The summed E-state index contributed by atoms with van der Waals surface area (Å²) in [7, 11) is 0. The molecule has 4 heteroatoms. The highest BCUT2D eigenvalue weighted by molar-refractivity contribution is 5.20. The zero-order valence-electron chi connectivity index (χ0n) is 9.70. The lowest BCUT2D eigenvalue weighted by atomic mass is 10.1. The van der Waals surface area contributed by atoms with Crippen molar-refractivity contribution in [1.82, 2.24) is 5.32 Å². The summed E-state index contributed by atoms with van der Waals surface area (Å²) in [6.45, 7) is 6.46. The molecule has 0 aliphatic heterocycles. The number of halogens is 3. The van der Waals surface area contributed by atoms with E-state index < -0.39 is 17.5 Å². The van der Waals surface area contributed by atoms with E-state index in [1.807, 2.05) is 20.8 Å². The molecule has 0 unspecified atom stereocenters. The molecule has 0 amide bonds. The fraction of sp³-hybridized carbons (Fsp3) is 0.500. The van der Waals surface area contributed by atoms with Gasteiger partial charge in [-0.3, -0.25) is 0 Å². The lowest BCUT2D eigenvalue weighted by Crippen LogP contribution is -2.37. The first-order valence-electron chi connectivity index (χ1n) is 5.18. The molecule has 0 spiro atoms. The molecule has 90 valence electrons. The molecule has 0 fully saturated rings. The van der Waals surface area contributed by atoms with E-state index in [1.54, 1.807) is 0 Å². The predicted octanol–water partition coefficient (Wildman–Crippen LogP) is 3.03. The smallest absolute Gasteiger partial charge is 0.161 e. The largest absolute Gasteiger partial charge is 0.312 e. The van der Waals surface area contributed by atoms with Crippen LogP contribution >= 0.6 is 0 Å². The minimum atomic E-state index is -1.15. The zero-order chi connectivity index (χ0) is 12.3. The van der Waals surface area contributed by atoms with Gasteiger partial charge in [-0.1, -0.05) is 0 Å². The van der Waals surface area contributed by atoms with Crippen LogP contribution < -0.4 is 5.32 Å². The Morgan fingerprint density at radius 1 is 1.00 bits per heavy atom. The van der Waals surface area contributed by atoms with Gasteiger partial charge in [0, 0.05) is 11.6 Å². The second-order valence-corrected chi connectivity index (χ2v) is 4.78. The fourth-order valence-corrected chi connectivity index (χ4v) is 1.33. The maximum atomic E-state index is 13.2. The quantitative estimate of drug-likeness (QED) is 0.788. The molecular weight excluding hydrogens is 215 g/mol. The monoisotopic (exact) mass is 231 g/mol. The Morgan fingerprint density at radius 2 is 1.56 bits per heavy atom. The summed E-state index contributed by atoms with van der Waals surface area (Å²) < 4.78 is 38.7. The van der Waals surface area contributed by atoms with Crippen molar-refractivity contribution in [2.24, 2.45) is 0 Å². The van der Waals surface area contributed by atoms with Crippen LogP contribution in [0.5, 0.6) is 0 Å². The molecule has 1 rings (SSSR count). The van der Waals surface area contributed by atoms with Gasteiger partial charge in [-0.2, -0.15) is 0 Å². The van der Waals surface area contributed by atoms with Crippen molar-refractivity contribution in [2.75, 3.05) is 6.54 Å². The van der Waals surface area contributed by atoms with Crippen molar-refractivity contribution in [2.45, 2.75) is 32.7 Å². The Labute approximate surface area is 93.7 Å². The number of hydrogen-bond acceptors (Lipinski definition) is 1. The highest BCUT2D eigenvalue weighted by Gasteiger charge is 2.11. The van der Waals surface area contributed by atoms with E-state index in [1.165, 1.54) is 0 Å². The van der Waals surface area contributed by atoms with Gasteiger partial charge in [0.15, 0.2) is 11.6 Å². The molecule has 1 aromatic carbocycles. The van der Waals surface area contributed by atoms with Gasteiger partial charge >= 0.3 is 0 Å². The summed E-state index contributed by atoms with van der Waals surface area (Å²) >= 11 is 0. The minimum absolute atomic E-state index is 0.0744. The normalized spacial score (nSPS) is 11.9. The average molecular weight is 231 g/mol. The topological polar surface area (TPSA) is 12.0 Å². The van der Waals surface area contributed by atoms with Crippen LogP contribution in [0.25, 0.3) is 0 Å². The zero-order valence-corrected chi connectivity index (χ0v) is 9.70. The van der Waals surface area contributed by atoms with Crippen molar-refractivity contribution in [3.05, 3.63) is 35.1 Å². The predicted molar refractivity (Wildman–Crippen MR) is 57.8 cm³/mol. The molecule has 16 heavy (non-hydrogen) atoms. The Bertz CT molecular complexity index is 369. The molecule has 0 bridgehead atoms. The SMILES string of the molecule is CC(C)(C)NCCc1cc(F)c(F)cc1F. The van der Waals surface area contributed by atoms with Crippen LogP contribution in [0.15, 0.2) is 12.1 Å². The third kappa shape index (κ3) is 3.85. The molecule has 0 aliphatic carbocycles. The van der Waals surface area contributed by atoms with E-state index in [4.69, 9.17) is 0 Å². The third-order valence-electron chi connectivity index (χ3n) is 2.14. The van der Waals surface area contributed by atoms with Gasteiger partial charge in [0.1, 0.15) is 5.82 Å². The van der Waals surface area contributed by atoms with Crippen molar-refractivity contribution < 1.29 is 13.2 Å². The molecule has 0 radical (unpaired) electrons. The van der Waals surface area contributed by atoms with Crippen LogP contribution in [0.4, 0.5) is 13.2 Å². The van der Waals surface area contributed by atoms with Gasteiger partial charge in [-0.05, 0) is 45.4 Å². The Kier molecular flexibility index (Phi) is 3.97. The second kappa shape index (κ2) is 4.87. The molecule has 1 nitrogen and oxygen atoms in total. The van der Waals surface area contributed by atoms with Crippen molar-refractivity contribution in [3.8, 4) is 0 Å². The maximum absolute atomic E-state index is 13.2. The third-order valence-corrected chi connectivity index (χ3v) is 2.14. The van der Waals surface area contributed by atoms with E-state index in [-0.39, 0.29) is 11.1 Å². The summed E-state index contributed by atoms with van der Waals surface area (Å²) in [5.74, 6) is -2.85. The van der Waals surface area contributed by atoms with Crippen molar-refractivity contribution in [3.63, 3.8) is 0 Å². The highest BCUT2D eigenvalue weighted by Crippen LogP contribution is 2.14. The molecule has 1 aromatic rings. The van der Waals surface area contributed by atoms with Crippen molar-refractivity contribution >= 4 is 0 Å². The number of benzene rings is 1. The van der Waals surface area contributed by atoms with E-state index >= 15 is 0 Å². The number of rotatable bonds is 3. The lowest BCUT2D eigenvalue weighted by Gasteiger charge is -2.20. The van der Waals surface area contributed by atoms with E-state index in [0.29, 0.717) is 19.0 Å². The van der Waals surface area contributed by atoms with E-state index in [2.05, 4.69) is 5.32 Å². The molecule has 0 saturated carbocycles. The van der Waals surface area contributed by atoms with Crippen LogP contribution in [0.1, 0.15) is 26.3 Å². The van der Waals surface area contributed by atoms with E-state index in [0.717, 1.165) is 6.07 Å². The van der Waals surface area contributed by atoms with Crippen LogP contribution in [0.3, 0.4) is 0 Å². The van der Waals surface area contributed by atoms with Crippen LogP contribution in [-0.2, 0) is 6.42 Å². The van der Waals surface area contributed by atoms with Gasteiger partial charge in [0.25, 0.3) is 0 Å². The standard InChI is InChI=1S/C12H16F3N/c1-12(2,3)16-5-4-8-6-10(14)11(15)7-9(8)13/h6-7,16H,4-5H2,1-3H3. The van der Waals surface area contributed by atoms with Gasteiger partial charge in [0.05, 0.1) is 0 Å².